The monoisotopic (exact) mass is 289 g/mol. The first-order valence-corrected chi connectivity index (χ1v) is 6.61. The predicted octanol–water partition coefficient (Wildman–Crippen LogP) is 4.85. The van der Waals surface area contributed by atoms with Gasteiger partial charge in [0.05, 0.1) is 5.56 Å². The van der Waals surface area contributed by atoms with Gasteiger partial charge in [-0.15, -0.1) is 6.58 Å². The normalized spacial score (nSPS) is 13.2. The van der Waals surface area contributed by atoms with Crippen LogP contribution in [-0.2, 0) is 6.18 Å². The van der Waals surface area contributed by atoms with Gasteiger partial charge in [0, 0.05) is 6.04 Å². The summed E-state index contributed by atoms with van der Waals surface area (Å²) >= 11 is 0. The summed E-state index contributed by atoms with van der Waals surface area (Å²) in [4.78, 5) is 0. The van der Waals surface area contributed by atoms with Gasteiger partial charge in [-0.05, 0) is 43.5 Å². The van der Waals surface area contributed by atoms with Crippen molar-refractivity contribution in [1.29, 1.82) is 0 Å². The first-order chi connectivity index (χ1) is 9.40. The molecule has 0 radical (unpaired) electrons. The fraction of sp³-hybridized carbons (Fsp3) is 0.467. The minimum Gasteiger partial charge on any atom is -0.310 e. The molecule has 0 aliphatic carbocycles. The Morgan fingerprint density at radius 2 is 2.05 bits per heavy atom. The highest BCUT2D eigenvalue weighted by Crippen LogP contribution is 2.33. The summed E-state index contributed by atoms with van der Waals surface area (Å²) in [5.41, 5.74) is -0.744. The summed E-state index contributed by atoms with van der Waals surface area (Å²) < 4.78 is 51.4. The van der Waals surface area contributed by atoms with Gasteiger partial charge in [0.15, 0.2) is 0 Å². The molecule has 0 amide bonds. The number of allylic oxidation sites excluding steroid dienone is 1. The second-order valence-corrected chi connectivity index (χ2v) is 4.57. The van der Waals surface area contributed by atoms with Crippen molar-refractivity contribution in [2.75, 3.05) is 6.54 Å². The molecule has 1 unspecified atom stereocenters. The molecule has 20 heavy (non-hydrogen) atoms. The van der Waals surface area contributed by atoms with Crippen LogP contribution in [0.1, 0.15) is 43.4 Å². The Morgan fingerprint density at radius 1 is 1.35 bits per heavy atom. The third kappa shape index (κ3) is 4.63. The zero-order valence-electron chi connectivity index (χ0n) is 11.4. The maximum absolute atomic E-state index is 13.3. The number of alkyl halides is 3. The SMILES string of the molecule is C=CCCCC(NCC)c1ccc(F)c(C(F)(F)F)c1. The summed E-state index contributed by atoms with van der Waals surface area (Å²) in [7, 11) is 0. The van der Waals surface area contributed by atoms with Gasteiger partial charge in [-0.1, -0.05) is 19.1 Å². The lowest BCUT2D eigenvalue weighted by atomic mass is 9.98. The number of hydrogen-bond donors (Lipinski definition) is 1. The van der Waals surface area contributed by atoms with Crippen LogP contribution in [0.3, 0.4) is 0 Å². The predicted molar refractivity (Wildman–Crippen MR) is 71.9 cm³/mol. The summed E-state index contributed by atoms with van der Waals surface area (Å²) in [6.45, 7) is 6.14. The third-order valence-electron chi connectivity index (χ3n) is 3.05. The van der Waals surface area contributed by atoms with Crippen molar-refractivity contribution in [3.05, 3.63) is 47.8 Å². The maximum Gasteiger partial charge on any atom is 0.419 e. The zero-order chi connectivity index (χ0) is 15.2. The largest absolute Gasteiger partial charge is 0.419 e. The van der Waals surface area contributed by atoms with Crippen LogP contribution >= 0.6 is 0 Å². The molecule has 0 saturated heterocycles. The van der Waals surface area contributed by atoms with Crippen LogP contribution in [0.5, 0.6) is 0 Å². The molecule has 0 fully saturated rings. The van der Waals surface area contributed by atoms with Crippen molar-refractivity contribution in [3.8, 4) is 0 Å². The first kappa shape index (κ1) is 16.7. The highest BCUT2D eigenvalue weighted by molar-refractivity contribution is 5.29. The van der Waals surface area contributed by atoms with Crippen LogP contribution in [0.25, 0.3) is 0 Å². The van der Waals surface area contributed by atoms with E-state index < -0.39 is 17.6 Å². The highest BCUT2D eigenvalue weighted by Gasteiger charge is 2.34. The molecule has 0 spiro atoms. The molecule has 1 aromatic carbocycles. The number of benzene rings is 1. The average molecular weight is 289 g/mol. The van der Waals surface area contributed by atoms with E-state index >= 15 is 0 Å². The van der Waals surface area contributed by atoms with E-state index in [2.05, 4.69) is 11.9 Å². The van der Waals surface area contributed by atoms with Crippen LogP contribution in [0, 0.1) is 5.82 Å². The molecule has 0 aliphatic rings. The van der Waals surface area contributed by atoms with E-state index in [0.29, 0.717) is 18.5 Å². The summed E-state index contributed by atoms with van der Waals surface area (Å²) in [6, 6.07) is 2.99. The van der Waals surface area contributed by atoms with E-state index in [0.717, 1.165) is 25.0 Å². The van der Waals surface area contributed by atoms with Crippen LogP contribution in [0.15, 0.2) is 30.9 Å². The van der Waals surface area contributed by atoms with Crippen LogP contribution in [0.4, 0.5) is 17.6 Å². The van der Waals surface area contributed by atoms with Crippen molar-refractivity contribution < 1.29 is 17.6 Å². The Morgan fingerprint density at radius 3 is 2.60 bits per heavy atom. The van der Waals surface area contributed by atoms with Crippen molar-refractivity contribution >= 4 is 0 Å². The number of rotatable bonds is 7. The van der Waals surface area contributed by atoms with Gasteiger partial charge < -0.3 is 5.32 Å². The van der Waals surface area contributed by atoms with Crippen LogP contribution < -0.4 is 5.32 Å². The molecule has 1 N–H and O–H groups in total. The van der Waals surface area contributed by atoms with Crippen LogP contribution in [-0.4, -0.2) is 6.54 Å². The molecule has 1 rings (SSSR count). The lowest BCUT2D eigenvalue weighted by Crippen LogP contribution is -2.21. The fourth-order valence-electron chi connectivity index (χ4n) is 2.08. The van der Waals surface area contributed by atoms with Gasteiger partial charge in [0.25, 0.3) is 0 Å². The quantitative estimate of drug-likeness (QED) is 0.430. The minimum atomic E-state index is -4.67. The Kier molecular flexibility index (Phi) is 6.20. The smallest absolute Gasteiger partial charge is 0.310 e. The molecule has 0 aromatic heterocycles. The molecule has 1 atom stereocenters. The number of hydrogen-bond acceptors (Lipinski definition) is 1. The zero-order valence-corrected chi connectivity index (χ0v) is 11.4. The summed E-state index contributed by atoms with van der Waals surface area (Å²) in [5.74, 6) is -1.23. The van der Waals surface area contributed by atoms with E-state index in [1.807, 2.05) is 6.92 Å². The highest BCUT2D eigenvalue weighted by atomic mass is 19.4. The topological polar surface area (TPSA) is 12.0 Å². The van der Waals surface area contributed by atoms with Gasteiger partial charge >= 0.3 is 6.18 Å². The third-order valence-corrected chi connectivity index (χ3v) is 3.05. The van der Waals surface area contributed by atoms with E-state index in [1.165, 1.54) is 6.07 Å². The maximum atomic E-state index is 13.3. The Bertz CT molecular complexity index is 440. The molecular weight excluding hydrogens is 270 g/mol. The molecule has 0 saturated carbocycles. The summed E-state index contributed by atoms with van der Waals surface area (Å²) in [6.07, 6.45) is -0.593. The van der Waals surface area contributed by atoms with E-state index in [9.17, 15) is 17.6 Å². The minimum absolute atomic E-state index is 0.207. The van der Waals surface area contributed by atoms with Crippen molar-refractivity contribution in [2.24, 2.45) is 0 Å². The molecule has 0 heterocycles. The van der Waals surface area contributed by atoms with E-state index in [1.54, 1.807) is 6.08 Å². The van der Waals surface area contributed by atoms with Gasteiger partial charge in [0.1, 0.15) is 5.82 Å². The fourth-order valence-corrected chi connectivity index (χ4v) is 2.08. The van der Waals surface area contributed by atoms with Gasteiger partial charge in [0.2, 0.25) is 0 Å². The lowest BCUT2D eigenvalue weighted by molar-refractivity contribution is -0.140. The van der Waals surface area contributed by atoms with Gasteiger partial charge in [-0.2, -0.15) is 13.2 Å². The molecule has 0 bridgehead atoms. The number of halogens is 4. The lowest BCUT2D eigenvalue weighted by Gasteiger charge is -2.19. The average Bonchev–Trinajstić information content (AvgIpc) is 2.37. The van der Waals surface area contributed by atoms with Gasteiger partial charge in [-0.3, -0.25) is 0 Å². The Hall–Kier alpha value is -1.36. The van der Waals surface area contributed by atoms with Crippen molar-refractivity contribution in [2.45, 2.75) is 38.4 Å². The standard InChI is InChI=1S/C15H19F4N/c1-3-5-6-7-14(20-4-2)11-8-9-13(16)12(10-11)15(17,18)19/h3,8-10,14,20H,1,4-7H2,2H3. The summed E-state index contributed by atoms with van der Waals surface area (Å²) in [5, 5.41) is 3.13. The Balaban J connectivity index is 2.98. The molecule has 5 heteroatoms. The molecule has 112 valence electrons. The van der Waals surface area contributed by atoms with Gasteiger partial charge in [-0.25, -0.2) is 4.39 Å². The van der Waals surface area contributed by atoms with Crippen molar-refractivity contribution in [1.82, 2.24) is 5.32 Å². The second kappa shape index (κ2) is 7.43. The Labute approximate surface area is 116 Å². The van der Waals surface area contributed by atoms with E-state index in [-0.39, 0.29) is 6.04 Å². The van der Waals surface area contributed by atoms with Crippen LogP contribution in [0.2, 0.25) is 0 Å². The first-order valence-electron chi connectivity index (χ1n) is 6.61. The van der Waals surface area contributed by atoms with Crippen molar-refractivity contribution in [3.63, 3.8) is 0 Å². The molecule has 1 nitrogen and oxygen atoms in total. The molecule has 0 aliphatic heterocycles. The number of nitrogens with one attached hydrogen (secondary N) is 1. The number of unbranched alkanes of at least 4 members (excludes halogenated alkanes) is 1. The molecular formula is C15H19F4N. The second-order valence-electron chi connectivity index (χ2n) is 4.57. The molecule has 1 aromatic rings. The van der Waals surface area contributed by atoms with E-state index in [4.69, 9.17) is 0 Å².